The number of hydrogen-bond donors (Lipinski definition) is 0. The number of nitrogens with zero attached hydrogens (tertiary/aromatic N) is 2. The lowest BCUT2D eigenvalue weighted by Crippen LogP contribution is -2.67. The van der Waals surface area contributed by atoms with Gasteiger partial charge in [0, 0.05) is 13.1 Å². The minimum atomic E-state index is -0.260. The molecule has 2 saturated heterocycles. The van der Waals surface area contributed by atoms with E-state index in [0.29, 0.717) is 12.5 Å². The Morgan fingerprint density at radius 2 is 1.79 bits per heavy atom. The summed E-state index contributed by atoms with van der Waals surface area (Å²) in [5, 5.41) is 0. The predicted octanol–water partition coefficient (Wildman–Crippen LogP) is 1.89. The maximum atomic E-state index is 12.7. The third-order valence-electron chi connectivity index (χ3n) is 4.14. The fraction of sp³-hybridized carbons (Fsp3) is 0.867. The van der Waals surface area contributed by atoms with E-state index < -0.39 is 0 Å². The van der Waals surface area contributed by atoms with Crippen molar-refractivity contribution in [1.29, 1.82) is 0 Å². The third kappa shape index (κ3) is 2.63. The zero-order valence-electron chi connectivity index (χ0n) is 12.6. The zero-order valence-corrected chi connectivity index (χ0v) is 12.6. The Morgan fingerprint density at radius 1 is 1.11 bits per heavy atom. The number of amides is 2. The third-order valence-corrected chi connectivity index (χ3v) is 4.14. The molecule has 2 aliphatic heterocycles. The molecule has 0 aromatic carbocycles. The number of piperazine rings is 1. The first kappa shape index (κ1) is 14.4. The summed E-state index contributed by atoms with van der Waals surface area (Å²) < 4.78 is 0. The highest BCUT2D eigenvalue weighted by atomic mass is 16.2. The van der Waals surface area contributed by atoms with Gasteiger partial charge in [0.2, 0.25) is 11.8 Å². The summed E-state index contributed by atoms with van der Waals surface area (Å²) in [6.07, 6.45) is 2.93. The van der Waals surface area contributed by atoms with Gasteiger partial charge in [-0.05, 0) is 31.1 Å². The van der Waals surface area contributed by atoms with Crippen molar-refractivity contribution in [3.05, 3.63) is 0 Å². The van der Waals surface area contributed by atoms with Gasteiger partial charge < -0.3 is 9.80 Å². The topological polar surface area (TPSA) is 40.6 Å². The molecule has 0 aliphatic carbocycles. The molecule has 2 fully saturated rings. The van der Waals surface area contributed by atoms with Crippen LogP contribution in [0.5, 0.6) is 0 Å². The number of rotatable bonds is 3. The highest BCUT2D eigenvalue weighted by molar-refractivity contribution is 5.97. The van der Waals surface area contributed by atoms with E-state index in [9.17, 15) is 9.59 Å². The largest absolute Gasteiger partial charge is 0.329 e. The Hall–Kier alpha value is -1.06. The average molecular weight is 266 g/mol. The fourth-order valence-corrected chi connectivity index (χ4v) is 3.33. The molecule has 2 unspecified atom stereocenters. The SMILES string of the molecule is CC(C)CN1C(=O)C2CCCCN2C(=O)C1C(C)C. The first-order valence-electron chi connectivity index (χ1n) is 7.54. The predicted molar refractivity (Wildman–Crippen MR) is 74.5 cm³/mol. The normalized spacial score (nSPS) is 28.3. The molecule has 2 heterocycles. The van der Waals surface area contributed by atoms with Crippen LogP contribution >= 0.6 is 0 Å². The van der Waals surface area contributed by atoms with Crippen molar-refractivity contribution in [2.45, 2.75) is 59.0 Å². The van der Waals surface area contributed by atoms with E-state index in [1.165, 1.54) is 0 Å². The second-order valence-electron chi connectivity index (χ2n) is 6.62. The van der Waals surface area contributed by atoms with Crippen LogP contribution in [0.4, 0.5) is 0 Å². The molecular formula is C15H26N2O2. The van der Waals surface area contributed by atoms with Crippen LogP contribution in [0.25, 0.3) is 0 Å². The molecule has 0 N–H and O–H groups in total. The number of carbonyl (C=O) groups excluding carboxylic acids is 2. The zero-order chi connectivity index (χ0) is 14.2. The number of piperidine rings is 1. The van der Waals surface area contributed by atoms with Gasteiger partial charge in [0.25, 0.3) is 0 Å². The molecule has 4 nitrogen and oxygen atoms in total. The van der Waals surface area contributed by atoms with Crippen LogP contribution in [0, 0.1) is 11.8 Å². The van der Waals surface area contributed by atoms with Crippen molar-refractivity contribution in [2.24, 2.45) is 11.8 Å². The minimum absolute atomic E-state index is 0.167. The van der Waals surface area contributed by atoms with Gasteiger partial charge in [0.05, 0.1) is 0 Å². The van der Waals surface area contributed by atoms with Crippen LogP contribution in [-0.2, 0) is 9.59 Å². The van der Waals surface area contributed by atoms with E-state index in [2.05, 4.69) is 13.8 Å². The molecular weight excluding hydrogens is 240 g/mol. The number of fused-ring (bicyclic) bond motifs is 1. The van der Waals surface area contributed by atoms with Crippen LogP contribution in [-0.4, -0.2) is 46.8 Å². The Morgan fingerprint density at radius 3 is 2.37 bits per heavy atom. The molecule has 0 aromatic rings. The van der Waals surface area contributed by atoms with Crippen molar-refractivity contribution in [3.8, 4) is 0 Å². The smallest absolute Gasteiger partial charge is 0.246 e. The fourth-order valence-electron chi connectivity index (χ4n) is 3.33. The van der Waals surface area contributed by atoms with E-state index in [-0.39, 0.29) is 29.8 Å². The van der Waals surface area contributed by atoms with Crippen LogP contribution in [0.15, 0.2) is 0 Å². The molecule has 0 spiro atoms. The van der Waals surface area contributed by atoms with Gasteiger partial charge >= 0.3 is 0 Å². The summed E-state index contributed by atoms with van der Waals surface area (Å²) in [5.41, 5.74) is 0. The maximum Gasteiger partial charge on any atom is 0.246 e. The van der Waals surface area contributed by atoms with Gasteiger partial charge in [-0.3, -0.25) is 9.59 Å². The summed E-state index contributed by atoms with van der Waals surface area (Å²) in [7, 11) is 0. The second-order valence-corrected chi connectivity index (χ2v) is 6.62. The number of carbonyl (C=O) groups is 2. The van der Waals surface area contributed by atoms with Crippen molar-refractivity contribution < 1.29 is 9.59 Å². The molecule has 2 aliphatic rings. The molecule has 108 valence electrons. The Bertz CT molecular complexity index is 365. The average Bonchev–Trinajstić information content (AvgIpc) is 2.35. The molecule has 0 saturated carbocycles. The van der Waals surface area contributed by atoms with E-state index in [4.69, 9.17) is 0 Å². The molecule has 0 radical (unpaired) electrons. The summed E-state index contributed by atoms with van der Waals surface area (Å²) in [6.45, 7) is 9.72. The Balaban J connectivity index is 2.29. The molecule has 2 amide bonds. The lowest BCUT2D eigenvalue weighted by molar-refractivity contribution is -0.166. The summed E-state index contributed by atoms with van der Waals surface area (Å²) in [4.78, 5) is 29.1. The Labute approximate surface area is 116 Å². The van der Waals surface area contributed by atoms with Crippen molar-refractivity contribution in [2.75, 3.05) is 13.1 Å². The molecule has 2 rings (SSSR count). The van der Waals surface area contributed by atoms with Crippen molar-refractivity contribution in [3.63, 3.8) is 0 Å². The summed E-state index contributed by atoms with van der Waals surface area (Å²) >= 11 is 0. The van der Waals surface area contributed by atoms with Gasteiger partial charge in [-0.25, -0.2) is 0 Å². The van der Waals surface area contributed by atoms with Gasteiger partial charge in [-0.15, -0.1) is 0 Å². The first-order valence-corrected chi connectivity index (χ1v) is 7.54. The molecule has 19 heavy (non-hydrogen) atoms. The Kier molecular flexibility index (Phi) is 4.16. The monoisotopic (exact) mass is 266 g/mol. The van der Waals surface area contributed by atoms with Gasteiger partial charge in [0.1, 0.15) is 12.1 Å². The highest BCUT2D eigenvalue weighted by Crippen LogP contribution is 2.29. The summed E-state index contributed by atoms with van der Waals surface area (Å²) in [5.74, 6) is 0.915. The number of hydrogen-bond acceptors (Lipinski definition) is 2. The van der Waals surface area contributed by atoms with Crippen LogP contribution < -0.4 is 0 Å². The highest BCUT2D eigenvalue weighted by Gasteiger charge is 2.47. The van der Waals surface area contributed by atoms with E-state index >= 15 is 0 Å². The van der Waals surface area contributed by atoms with Gasteiger partial charge in [-0.2, -0.15) is 0 Å². The summed E-state index contributed by atoms with van der Waals surface area (Å²) in [6, 6.07) is -0.445. The maximum absolute atomic E-state index is 12.7. The standard InChI is InChI=1S/C15H26N2O2/c1-10(2)9-17-13(11(3)4)15(19)16-8-6-5-7-12(16)14(17)18/h10-13H,5-9H2,1-4H3. The van der Waals surface area contributed by atoms with Crippen molar-refractivity contribution in [1.82, 2.24) is 9.80 Å². The minimum Gasteiger partial charge on any atom is -0.329 e. The first-order chi connectivity index (χ1) is 8.93. The second kappa shape index (κ2) is 5.51. The van der Waals surface area contributed by atoms with E-state index in [0.717, 1.165) is 25.8 Å². The van der Waals surface area contributed by atoms with Gasteiger partial charge in [0.15, 0.2) is 0 Å². The van der Waals surface area contributed by atoms with Crippen LogP contribution in [0.3, 0.4) is 0 Å². The van der Waals surface area contributed by atoms with Crippen LogP contribution in [0.1, 0.15) is 47.0 Å². The molecule has 0 aromatic heterocycles. The molecule has 0 bridgehead atoms. The molecule has 2 atom stereocenters. The lowest BCUT2D eigenvalue weighted by atomic mass is 9.90. The van der Waals surface area contributed by atoms with Gasteiger partial charge in [-0.1, -0.05) is 27.7 Å². The van der Waals surface area contributed by atoms with E-state index in [1.54, 1.807) is 0 Å². The molecule has 4 heteroatoms. The van der Waals surface area contributed by atoms with Crippen LogP contribution in [0.2, 0.25) is 0 Å². The van der Waals surface area contributed by atoms with Crippen molar-refractivity contribution >= 4 is 11.8 Å². The van der Waals surface area contributed by atoms with E-state index in [1.807, 2.05) is 23.6 Å². The lowest BCUT2D eigenvalue weighted by Gasteiger charge is -2.48. The quantitative estimate of drug-likeness (QED) is 0.782.